The average Bonchev–Trinajstić information content (AvgIpc) is 3.22. The molecule has 1 heterocycles. The Balaban J connectivity index is 1.64. The summed E-state index contributed by atoms with van der Waals surface area (Å²) in [6.07, 6.45) is 5.04. The van der Waals surface area contributed by atoms with Crippen LogP contribution in [-0.4, -0.2) is 19.3 Å². The lowest BCUT2D eigenvalue weighted by Crippen LogP contribution is -2.40. The third kappa shape index (κ3) is 4.36. The number of nitrogens with zero attached hydrogens (tertiary/aromatic N) is 1. The predicted molar refractivity (Wildman–Crippen MR) is 103 cm³/mol. The second-order valence-corrected chi connectivity index (χ2v) is 10.0. The van der Waals surface area contributed by atoms with E-state index in [1.165, 1.54) is 23.5 Å². The van der Waals surface area contributed by atoms with Gasteiger partial charge in [0.25, 0.3) is 10.0 Å². The second kappa shape index (κ2) is 7.54. The summed E-state index contributed by atoms with van der Waals surface area (Å²) in [5.74, 6) is -0.417. The molecule has 1 fully saturated rings. The molecule has 0 radical (unpaired) electrons. The summed E-state index contributed by atoms with van der Waals surface area (Å²) < 4.78 is 27.6. The number of benzene rings is 1. The highest BCUT2D eigenvalue weighted by atomic mass is 35.5. The zero-order valence-corrected chi connectivity index (χ0v) is 16.7. The van der Waals surface area contributed by atoms with E-state index < -0.39 is 21.3 Å². The van der Waals surface area contributed by atoms with Crippen LogP contribution in [0.15, 0.2) is 35.4 Å². The van der Waals surface area contributed by atoms with E-state index in [2.05, 4.69) is 15.0 Å². The smallest absolute Gasteiger partial charge is 0.264 e. The first-order valence-corrected chi connectivity index (χ1v) is 11.0. The van der Waals surface area contributed by atoms with E-state index in [-0.39, 0.29) is 4.90 Å². The van der Waals surface area contributed by atoms with Gasteiger partial charge in [0.15, 0.2) is 4.47 Å². The molecule has 1 aromatic heterocycles. The largest absolute Gasteiger partial charge is 0.380 e. The molecule has 1 aliphatic carbocycles. The van der Waals surface area contributed by atoms with E-state index >= 15 is 0 Å². The van der Waals surface area contributed by atoms with Crippen molar-refractivity contribution >= 4 is 44.6 Å². The van der Waals surface area contributed by atoms with Gasteiger partial charge in [0, 0.05) is 22.2 Å². The Kier molecular flexibility index (Phi) is 5.55. The molecule has 0 atom stereocenters. The minimum absolute atomic E-state index is 0.0684. The van der Waals surface area contributed by atoms with Crippen molar-refractivity contribution in [3.63, 3.8) is 0 Å². The van der Waals surface area contributed by atoms with Crippen molar-refractivity contribution < 1.29 is 13.2 Å². The van der Waals surface area contributed by atoms with Crippen molar-refractivity contribution in [2.75, 3.05) is 5.32 Å². The molecular formula is C17H20ClN3O3S2. The minimum Gasteiger partial charge on any atom is -0.380 e. The number of amides is 1. The Hall–Kier alpha value is -1.64. The molecule has 2 aromatic rings. The maximum absolute atomic E-state index is 12.5. The van der Waals surface area contributed by atoms with Crippen LogP contribution in [0.3, 0.4) is 0 Å². The monoisotopic (exact) mass is 413 g/mol. The van der Waals surface area contributed by atoms with Gasteiger partial charge < -0.3 is 5.32 Å². The first-order valence-electron chi connectivity index (χ1n) is 8.30. The van der Waals surface area contributed by atoms with Crippen LogP contribution in [0.25, 0.3) is 0 Å². The summed E-state index contributed by atoms with van der Waals surface area (Å²) in [6, 6.07) is 6.29. The standard InChI is InChI=1S/C17H20ClN3O3S2/c1-17(8-2-3-9-17)15(22)21-26(23,24)14-6-4-12(5-7-14)19-10-13-11-20-16(18)25-13/h4-7,11,19H,2-3,8-10H2,1H3,(H,21,22). The Morgan fingerprint density at radius 2 is 1.92 bits per heavy atom. The van der Waals surface area contributed by atoms with Crippen molar-refractivity contribution in [2.45, 2.75) is 44.0 Å². The number of halogens is 1. The molecule has 0 unspecified atom stereocenters. The van der Waals surface area contributed by atoms with Gasteiger partial charge in [-0.1, -0.05) is 31.4 Å². The zero-order valence-electron chi connectivity index (χ0n) is 14.3. The molecule has 140 valence electrons. The van der Waals surface area contributed by atoms with Crippen LogP contribution in [0.5, 0.6) is 0 Å². The highest BCUT2D eigenvalue weighted by molar-refractivity contribution is 7.90. The van der Waals surface area contributed by atoms with Crippen molar-refractivity contribution in [2.24, 2.45) is 5.41 Å². The molecule has 1 aliphatic rings. The van der Waals surface area contributed by atoms with E-state index in [1.807, 2.05) is 6.92 Å². The SMILES string of the molecule is CC1(C(=O)NS(=O)(=O)c2ccc(NCc3cnc(Cl)s3)cc2)CCCC1. The Bertz CT molecular complexity index is 888. The maximum Gasteiger partial charge on any atom is 0.264 e. The van der Waals surface area contributed by atoms with Crippen molar-refractivity contribution in [3.8, 4) is 0 Å². The Morgan fingerprint density at radius 1 is 1.27 bits per heavy atom. The normalized spacial score (nSPS) is 16.4. The molecular weight excluding hydrogens is 394 g/mol. The van der Waals surface area contributed by atoms with Crippen LogP contribution in [0.4, 0.5) is 5.69 Å². The van der Waals surface area contributed by atoms with Gasteiger partial charge in [-0.05, 0) is 37.1 Å². The predicted octanol–water partition coefficient (Wildman–Crippen LogP) is 3.79. The molecule has 26 heavy (non-hydrogen) atoms. The highest BCUT2D eigenvalue weighted by Gasteiger charge is 2.38. The fraction of sp³-hybridized carbons (Fsp3) is 0.412. The van der Waals surface area contributed by atoms with Gasteiger partial charge in [-0.2, -0.15) is 0 Å². The quantitative estimate of drug-likeness (QED) is 0.752. The van der Waals surface area contributed by atoms with Gasteiger partial charge in [-0.15, -0.1) is 11.3 Å². The number of hydrogen-bond acceptors (Lipinski definition) is 6. The van der Waals surface area contributed by atoms with Crippen LogP contribution >= 0.6 is 22.9 Å². The first-order chi connectivity index (χ1) is 12.3. The molecule has 0 aliphatic heterocycles. The van der Waals surface area contributed by atoms with Gasteiger partial charge in [-0.25, -0.2) is 18.1 Å². The van der Waals surface area contributed by atoms with Gasteiger partial charge in [0.2, 0.25) is 5.91 Å². The van der Waals surface area contributed by atoms with Crippen LogP contribution in [0.2, 0.25) is 4.47 Å². The number of rotatable bonds is 6. The number of hydrogen-bond donors (Lipinski definition) is 2. The van der Waals surface area contributed by atoms with Gasteiger partial charge in [0.05, 0.1) is 11.4 Å². The number of anilines is 1. The van der Waals surface area contributed by atoms with Gasteiger partial charge in [-0.3, -0.25) is 4.79 Å². The third-order valence-corrected chi connectivity index (χ3v) is 7.10. The van der Waals surface area contributed by atoms with Crippen molar-refractivity contribution in [3.05, 3.63) is 39.8 Å². The summed E-state index contributed by atoms with van der Waals surface area (Å²) >= 11 is 7.17. The van der Waals surface area contributed by atoms with E-state index in [1.54, 1.807) is 18.3 Å². The highest BCUT2D eigenvalue weighted by Crippen LogP contribution is 2.37. The lowest BCUT2D eigenvalue weighted by atomic mass is 9.88. The summed E-state index contributed by atoms with van der Waals surface area (Å²) in [6.45, 7) is 2.37. The summed E-state index contributed by atoms with van der Waals surface area (Å²) in [5.41, 5.74) is 0.174. The topological polar surface area (TPSA) is 88.2 Å². The minimum atomic E-state index is -3.87. The molecule has 6 nitrogen and oxygen atoms in total. The van der Waals surface area contributed by atoms with Crippen LogP contribution < -0.4 is 10.0 Å². The summed E-state index contributed by atoms with van der Waals surface area (Å²) in [7, 11) is -3.87. The number of carbonyl (C=O) groups is 1. The van der Waals surface area contributed by atoms with Crippen LogP contribution in [0, 0.1) is 5.41 Å². The molecule has 9 heteroatoms. The fourth-order valence-electron chi connectivity index (χ4n) is 2.99. The average molecular weight is 414 g/mol. The fourth-order valence-corrected chi connectivity index (χ4v) is 5.01. The lowest BCUT2D eigenvalue weighted by Gasteiger charge is -2.22. The van der Waals surface area contributed by atoms with Gasteiger partial charge >= 0.3 is 0 Å². The summed E-state index contributed by atoms with van der Waals surface area (Å²) in [5, 5.41) is 3.17. The van der Waals surface area contributed by atoms with E-state index in [9.17, 15) is 13.2 Å². The van der Waals surface area contributed by atoms with Crippen molar-refractivity contribution in [1.29, 1.82) is 0 Å². The van der Waals surface area contributed by atoms with E-state index in [0.29, 0.717) is 11.0 Å². The molecule has 1 aromatic carbocycles. The third-order valence-electron chi connectivity index (χ3n) is 4.64. The lowest BCUT2D eigenvalue weighted by molar-refractivity contribution is -0.127. The molecule has 0 bridgehead atoms. The Labute approximate surface area is 162 Å². The molecule has 0 saturated heterocycles. The number of carbonyl (C=O) groups excluding carboxylic acids is 1. The molecule has 3 rings (SSSR count). The zero-order chi connectivity index (χ0) is 18.8. The second-order valence-electron chi connectivity index (χ2n) is 6.66. The number of aromatic nitrogens is 1. The molecule has 1 amide bonds. The van der Waals surface area contributed by atoms with Crippen LogP contribution in [-0.2, 0) is 21.4 Å². The van der Waals surface area contributed by atoms with E-state index in [4.69, 9.17) is 11.6 Å². The molecule has 2 N–H and O–H groups in total. The number of sulfonamides is 1. The molecule has 0 spiro atoms. The first kappa shape index (κ1) is 19.1. The Morgan fingerprint density at radius 3 is 2.50 bits per heavy atom. The van der Waals surface area contributed by atoms with Gasteiger partial charge in [0.1, 0.15) is 0 Å². The van der Waals surface area contributed by atoms with Crippen LogP contribution in [0.1, 0.15) is 37.5 Å². The van der Waals surface area contributed by atoms with Crippen molar-refractivity contribution in [1.82, 2.24) is 9.71 Å². The summed E-state index contributed by atoms with van der Waals surface area (Å²) in [4.78, 5) is 17.4. The number of thiazole rings is 1. The maximum atomic E-state index is 12.5. The molecule has 1 saturated carbocycles. The van der Waals surface area contributed by atoms with E-state index in [0.717, 1.165) is 36.2 Å². The number of nitrogens with one attached hydrogen (secondary N) is 2.